The topological polar surface area (TPSA) is 86.1 Å². The van der Waals surface area contributed by atoms with Crippen LogP contribution in [0.4, 0.5) is 0 Å². The Balaban J connectivity index is 1.84. The van der Waals surface area contributed by atoms with Gasteiger partial charge < -0.3 is 10.1 Å². The van der Waals surface area contributed by atoms with Crippen LogP contribution in [0.25, 0.3) is 5.69 Å². The molecule has 3 aromatic rings. The van der Waals surface area contributed by atoms with E-state index in [1.54, 1.807) is 25.3 Å². The van der Waals surface area contributed by atoms with E-state index in [0.717, 1.165) is 21.5 Å². The van der Waals surface area contributed by atoms with Crippen molar-refractivity contribution in [2.45, 2.75) is 32.3 Å². The number of hydrogen-bond donors (Lipinski definition) is 1. The molecule has 0 saturated heterocycles. The molecular formula is C23H25BrN4O3S. The van der Waals surface area contributed by atoms with E-state index in [-0.39, 0.29) is 17.4 Å². The number of methoxy groups -OCH3 is 1. The summed E-state index contributed by atoms with van der Waals surface area (Å²) in [5, 5.41) is 12.1. The Morgan fingerprint density at radius 3 is 2.56 bits per heavy atom. The highest BCUT2D eigenvalue weighted by molar-refractivity contribution is 9.10. The van der Waals surface area contributed by atoms with Gasteiger partial charge in [0, 0.05) is 31.1 Å². The predicted molar refractivity (Wildman–Crippen MR) is 129 cm³/mol. The number of aromatic nitrogens is 3. The first kappa shape index (κ1) is 24.0. The van der Waals surface area contributed by atoms with Gasteiger partial charge in [-0.3, -0.25) is 14.2 Å². The molecule has 9 heteroatoms. The summed E-state index contributed by atoms with van der Waals surface area (Å²) >= 11 is 4.76. The molecule has 1 N–H and O–H groups in total. The summed E-state index contributed by atoms with van der Waals surface area (Å²) in [6.07, 6.45) is 0.527. The Morgan fingerprint density at radius 2 is 1.91 bits per heavy atom. The van der Waals surface area contributed by atoms with Crippen molar-refractivity contribution in [1.29, 1.82) is 0 Å². The number of ether oxygens (including phenoxy) is 1. The maximum absolute atomic E-state index is 12.8. The second kappa shape index (κ2) is 10.8. The van der Waals surface area contributed by atoms with E-state index in [1.165, 1.54) is 24.2 Å². The van der Waals surface area contributed by atoms with Crippen molar-refractivity contribution < 1.29 is 14.3 Å². The van der Waals surface area contributed by atoms with Gasteiger partial charge in [0.15, 0.2) is 10.9 Å². The van der Waals surface area contributed by atoms with E-state index in [4.69, 9.17) is 4.74 Å². The number of carbonyl (C=O) groups excluding carboxylic acids is 2. The van der Waals surface area contributed by atoms with Crippen LogP contribution in [0.15, 0.2) is 46.0 Å². The van der Waals surface area contributed by atoms with E-state index in [0.29, 0.717) is 29.4 Å². The largest absolute Gasteiger partial charge is 0.496 e. The first-order valence-corrected chi connectivity index (χ1v) is 11.8. The average molecular weight is 517 g/mol. The zero-order valence-electron chi connectivity index (χ0n) is 18.4. The van der Waals surface area contributed by atoms with Gasteiger partial charge in [0.1, 0.15) is 11.6 Å². The van der Waals surface area contributed by atoms with Crippen molar-refractivity contribution in [3.05, 3.63) is 63.4 Å². The van der Waals surface area contributed by atoms with Crippen LogP contribution in [0.2, 0.25) is 0 Å². The smallest absolute Gasteiger partial charge is 0.216 e. The minimum atomic E-state index is -0.0897. The fourth-order valence-electron chi connectivity index (χ4n) is 3.08. The third kappa shape index (κ3) is 5.77. The number of hydrogen-bond acceptors (Lipinski definition) is 6. The van der Waals surface area contributed by atoms with Crippen LogP contribution in [-0.2, 0) is 11.2 Å². The molecule has 1 amide bonds. The lowest BCUT2D eigenvalue weighted by atomic mass is 10.1. The van der Waals surface area contributed by atoms with Crippen LogP contribution in [0.1, 0.15) is 34.2 Å². The first-order chi connectivity index (χ1) is 15.3. The molecular weight excluding hydrogens is 492 g/mol. The fraction of sp³-hybridized carbons (Fsp3) is 0.304. The van der Waals surface area contributed by atoms with Crippen LogP contribution < -0.4 is 10.1 Å². The van der Waals surface area contributed by atoms with Gasteiger partial charge in [-0.15, -0.1) is 10.2 Å². The summed E-state index contributed by atoms with van der Waals surface area (Å²) in [6.45, 7) is 6.06. The van der Waals surface area contributed by atoms with E-state index >= 15 is 0 Å². The number of Topliss-reactive ketones (excluding diaryl/α,β-unsaturated/α-hetero) is 1. The predicted octanol–water partition coefficient (Wildman–Crippen LogP) is 4.31. The number of benzene rings is 2. The number of nitrogens with one attached hydrogen (secondary N) is 1. The van der Waals surface area contributed by atoms with Crippen LogP contribution in [0.3, 0.4) is 0 Å². The molecule has 0 atom stereocenters. The standard InChI is InChI=1S/C23H25BrN4O3S/c1-14-5-7-18(11-15(14)2)28-22(9-10-25-16(3)29)26-27-23(28)32-13-20(30)17-6-8-21(31-4)19(24)12-17/h5-8,11-12H,9-10,13H2,1-4H3,(H,25,29). The highest BCUT2D eigenvalue weighted by Crippen LogP contribution is 2.28. The Hall–Kier alpha value is -2.65. The van der Waals surface area contributed by atoms with Crippen molar-refractivity contribution in [2.24, 2.45) is 0 Å². The summed E-state index contributed by atoms with van der Waals surface area (Å²) in [4.78, 5) is 24.0. The van der Waals surface area contributed by atoms with E-state index in [9.17, 15) is 9.59 Å². The Morgan fingerprint density at radius 1 is 1.12 bits per heavy atom. The van der Waals surface area contributed by atoms with Crippen LogP contribution in [0, 0.1) is 13.8 Å². The van der Waals surface area contributed by atoms with E-state index in [2.05, 4.69) is 57.4 Å². The van der Waals surface area contributed by atoms with Crippen LogP contribution in [0.5, 0.6) is 5.75 Å². The molecule has 0 radical (unpaired) electrons. The Labute approximate surface area is 200 Å². The van der Waals surface area contributed by atoms with Gasteiger partial charge in [-0.25, -0.2) is 0 Å². The van der Waals surface area contributed by atoms with E-state index < -0.39 is 0 Å². The molecule has 0 aliphatic heterocycles. The normalized spacial score (nSPS) is 10.8. The Kier molecular flexibility index (Phi) is 8.09. The lowest BCUT2D eigenvalue weighted by Crippen LogP contribution is -2.23. The molecule has 0 unspecified atom stereocenters. The van der Waals surface area contributed by atoms with Crippen LogP contribution >= 0.6 is 27.7 Å². The Bertz CT molecular complexity index is 1150. The molecule has 0 aliphatic carbocycles. The molecule has 32 heavy (non-hydrogen) atoms. The molecule has 0 spiro atoms. The number of amides is 1. The summed E-state index contributed by atoms with van der Waals surface area (Å²) < 4.78 is 7.92. The van der Waals surface area contributed by atoms with Crippen molar-refractivity contribution in [1.82, 2.24) is 20.1 Å². The molecule has 0 saturated carbocycles. The van der Waals surface area contributed by atoms with Gasteiger partial charge in [0.25, 0.3) is 0 Å². The van der Waals surface area contributed by atoms with Crippen molar-refractivity contribution in [2.75, 3.05) is 19.4 Å². The van der Waals surface area contributed by atoms with Gasteiger partial charge in [-0.2, -0.15) is 0 Å². The summed E-state index contributed by atoms with van der Waals surface area (Å²) in [7, 11) is 1.58. The van der Waals surface area contributed by atoms with Gasteiger partial charge >= 0.3 is 0 Å². The van der Waals surface area contributed by atoms with Gasteiger partial charge in [0.2, 0.25) is 5.91 Å². The molecule has 1 aromatic heterocycles. The van der Waals surface area contributed by atoms with Crippen molar-refractivity contribution in [3.63, 3.8) is 0 Å². The number of nitrogens with zero attached hydrogens (tertiary/aromatic N) is 3. The molecule has 7 nitrogen and oxygen atoms in total. The SMILES string of the molecule is COc1ccc(C(=O)CSc2nnc(CCNC(C)=O)n2-c2ccc(C)c(C)c2)cc1Br. The third-order valence-electron chi connectivity index (χ3n) is 4.98. The quantitative estimate of drug-likeness (QED) is 0.336. The maximum Gasteiger partial charge on any atom is 0.216 e. The summed E-state index contributed by atoms with van der Waals surface area (Å²) in [6, 6.07) is 11.4. The maximum atomic E-state index is 12.8. The van der Waals surface area contributed by atoms with Gasteiger partial charge in [0.05, 0.1) is 17.3 Å². The van der Waals surface area contributed by atoms with Crippen LogP contribution in [-0.4, -0.2) is 45.9 Å². The highest BCUT2D eigenvalue weighted by Gasteiger charge is 2.17. The first-order valence-electron chi connectivity index (χ1n) is 10.1. The van der Waals surface area contributed by atoms with Gasteiger partial charge in [-0.05, 0) is 71.2 Å². The van der Waals surface area contributed by atoms with Gasteiger partial charge in [-0.1, -0.05) is 17.8 Å². The minimum absolute atomic E-state index is 0.0206. The fourth-order valence-corrected chi connectivity index (χ4v) is 4.49. The van der Waals surface area contributed by atoms with Crippen molar-refractivity contribution in [3.8, 4) is 11.4 Å². The van der Waals surface area contributed by atoms with E-state index in [1.807, 2.05) is 10.6 Å². The number of aryl methyl sites for hydroxylation is 2. The highest BCUT2D eigenvalue weighted by atomic mass is 79.9. The lowest BCUT2D eigenvalue weighted by molar-refractivity contribution is -0.118. The molecule has 3 rings (SSSR count). The number of ketones is 1. The molecule has 168 valence electrons. The number of halogens is 1. The monoisotopic (exact) mass is 516 g/mol. The molecule has 0 fully saturated rings. The average Bonchev–Trinajstić information content (AvgIpc) is 3.16. The van der Waals surface area contributed by atoms with Crippen molar-refractivity contribution >= 4 is 39.4 Å². The minimum Gasteiger partial charge on any atom is -0.496 e. The second-order valence-electron chi connectivity index (χ2n) is 7.30. The molecule has 0 aliphatic rings. The number of carbonyl (C=O) groups is 2. The zero-order chi connectivity index (χ0) is 23.3. The molecule has 2 aromatic carbocycles. The summed E-state index contributed by atoms with van der Waals surface area (Å²) in [5.41, 5.74) is 3.86. The third-order valence-corrected chi connectivity index (χ3v) is 6.53. The molecule has 1 heterocycles. The summed E-state index contributed by atoms with van der Waals surface area (Å²) in [5.74, 6) is 1.51. The zero-order valence-corrected chi connectivity index (χ0v) is 20.8. The second-order valence-corrected chi connectivity index (χ2v) is 9.09. The number of rotatable bonds is 9. The lowest BCUT2D eigenvalue weighted by Gasteiger charge is -2.12. The number of thioether (sulfide) groups is 1. The molecule has 0 bridgehead atoms.